The molecule has 2 heterocycles. The second kappa shape index (κ2) is 4.55. The topological polar surface area (TPSA) is 60.6 Å². The SMILES string of the molecule is Cn1c(Cl)cnc1CNc1ccc2c(c1)nnn2C. The van der Waals surface area contributed by atoms with Gasteiger partial charge in [-0.1, -0.05) is 16.8 Å². The fourth-order valence-corrected chi connectivity index (χ4v) is 2.07. The Morgan fingerprint density at radius 1 is 1.32 bits per heavy atom. The Labute approximate surface area is 115 Å². The molecule has 1 aromatic carbocycles. The van der Waals surface area contributed by atoms with Crippen LogP contribution >= 0.6 is 11.6 Å². The first-order valence-corrected chi connectivity index (χ1v) is 6.22. The number of nitrogens with zero attached hydrogens (tertiary/aromatic N) is 5. The molecule has 6 nitrogen and oxygen atoms in total. The van der Waals surface area contributed by atoms with Gasteiger partial charge in [0.2, 0.25) is 0 Å². The van der Waals surface area contributed by atoms with E-state index in [4.69, 9.17) is 11.6 Å². The minimum absolute atomic E-state index is 0.606. The number of halogens is 1. The summed E-state index contributed by atoms with van der Waals surface area (Å²) >= 11 is 5.94. The van der Waals surface area contributed by atoms with E-state index in [2.05, 4.69) is 20.6 Å². The molecule has 0 aliphatic rings. The molecular weight excluding hydrogens is 264 g/mol. The number of imidazole rings is 1. The highest BCUT2D eigenvalue weighted by Crippen LogP contribution is 2.17. The van der Waals surface area contributed by atoms with Gasteiger partial charge < -0.3 is 9.88 Å². The first kappa shape index (κ1) is 12.0. The monoisotopic (exact) mass is 276 g/mol. The molecule has 1 N–H and O–H groups in total. The maximum atomic E-state index is 5.94. The Morgan fingerprint density at radius 3 is 2.89 bits per heavy atom. The third-order valence-electron chi connectivity index (χ3n) is 3.09. The molecule has 7 heteroatoms. The third-order valence-corrected chi connectivity index (χ3v) is 3.44. The standard InChI is InChI=1S/C12H13ClN6/c1-18-11(13)6-15-12(18)7-14-8-3-4-10-9(5-8)16-17-19(10)2/h3-6,14H,7H2,1-2H3. The van der Waals surface area contributed by atoms with Gasteiger partial charge in [0.15, 0.2) is 0 Å². The minimum atomic E-state index is 0.606. The molecule has 0 spiro atoms. The number of anilines is 1. The van der Waals surface area contributed by atoms with Gasteiger partial charge >= 0.3 is 0 Å². The van der Waals surface area contributed by atoms with E-state index in [0.717, 1.165) is 22.5 Å². The zero-order valence-corrected chi connectivity index (χ0v) is 11.4. The van der Waals surface area contributed by atoms with Crippen LogP contribution in [0.2, 0.25) is 5.15 Å². The van der Waals surface area contributed by atoms with E-state index >= 15 is 0 Å². The van der Waals surface area contributed by atoms with E-state index in [1.807, 2.05) is 36.9 Å². The average molecular weight is 277 g/mol. The molecule has 0 radical (unpaired) electrons. The van der Waals surface area contributed by atoms with Gasteiger partial charge in [-0.05, 0) is 18.2 Å². The lowest BCUT2D eigenvalue weighted by atomic mass is 10.2. The van der Waals surface area contributed by atoms with Crippen LogP contribution in [-0.2, 0) is 20.6 Å². The third kappa shape index (κ3) is 2.15. The second-order valence-electron chi connectivity index (χ2n) is 4.33. The maximum Gasteiger partial charge on any atom is 0.128 e. The molecule has 0 unspecified atom stereocenters. The smallest absolute Gasteiger partial charge is 0.128 e. The van der Waals surface area contributed by atoms with Crippen LogP contribution in [0.5, 0.6) is 0 Å². The first-order valence-electron chi connectivity index (χ1n) is 5.84. The van der Waals surface area contributed by atoms with Crippen molar-refractivity contribution in [2.45, 2.75) is 6.54 Å². The summed E-state index contributed by atoms with van der Waals surface area (Å²) < 4.78 is 3.59. The predicted molar refractivity (Wildman–Crippen MR) is 74.1 cm³/mol. The van der Waals surface area contributed by atoms with Crippen molar-refractivity contribution in [3.8, 4) is 0 Å². The van der Waals surface area contributed by atoms with Gasteiger partial charge in [-0.25, -0.2) is 9.67 Å². The van der Waals surface area contributed by atoms with Crippen molar-refractivity contribution in [3.63, 3.8) is 0 Å². The largest absolute Gasteiger partial charge is 0.378 e. The zero-order chi connectivity index (χ0) is 13.4. The number of aromatic nitrogens is 5. The van der Waals surface area contributed by atoms with Crippen LogP contribution in [0.4, 0.5) is 5.69 Å². The summed E-state index contributed by atoms with van der Waals surface area (Å²) in [7, 11) is 3.76. The number of fused-ring (bicyclic) bond motifs is 1. The highest BCUT2D eigenvalue weighted by atomic mass is 35.5. The Bertz CT molecular complexity index is 729. The van der Waals surface area contributed by atoms with Crippen molar-refractivity contribution in [1.82, 2.24) is 24.5 Å². The van der Waals surface area contributed by atoms with Crippen LogP contribution in [0.25, 0.3) is 11.0 Å². The summed E-state index contributed by atoms with van der Waals surface area (Å²) in [4.78, 5) is 4.23. The Kier molecular flexibility index (Phi) is 2.87. The number of hydrogen-bond donors (Lipinski definition) is 1. The van der Waals surface area contributed by atoms with E-state index in [-0.39, 0.29) is 0 Å². The molecule has 19 heavy (non-hydrogen) atoms. The molecule has 3 aromatic rings. The van der Waals surface area contributed by atoms with E-state index < -0.39 is 0 Å². The van der Waals surface area contributed by atoms with Crippen molar-refractivity contribution >= 4 is 28.3 Å². The minimum Gasteiger partial charge on any atom is -0.378 e. The summed E-state index contributed by atoms with van der Waals surface area (Å²) in [5, 5.41) is 12.0. The molecule has 0 amide bonds. The molecular formula is C12H13ClN6. The highest BCUT2D eigenvalue weighted by Gasteiger charge is 2.05. The van der Waals surface area contributed by atoms with E-state index in [0.29, 0.717) is 11.7 Å². The van der Waals surface area contributed by atoms with Crippen molar-refractivity contribution in [2.75, 3.05) is 5.32 Å². The molecule has 0 aliphatic carbocycles. The predicted octanol–water partition coefficient (Wildman–Crippen LogP) is 1.97. The van der Waals surface area contributed by atoms with Crippen molar-refractivity contribution in [1.29, 1.82) is 0 Å². The van der Waals surface area contributed by atoms with Gasteiger partial charge in [0, 0.05) is 19.8 Å². The molecule has 3 rings (SSSR count). The molecule has 0 fully saturated rings. The number of nitrogens with one attached hydrogen (secondary N) is 1. The van der Waals surface area contributed by atoms with E-state index in [1.54, 1.807) is 10.9 Å². The number of rotatable bonds is 3. The number of hydrogen-bond acceptors (Lipinski definition) is 4. The summed E-state index contributed by atoms with van der Waals surface area (Å²) in [5.74, 6) is 0.879. The van der Waals surface area contributed by atoms with E-state index in [1.165, 1.54) is 0 Å². The van der Waals surface area contributed by atoms with Crippen LogP contribution in [0, 0.1) is 0 Å². The molecule has 0 atom stereocenters. The molecule has 98 valence electrons. The van der Waals surface area contributed by atoms with Crippen molar-refractivity contribution in [2.24, 2.45) is 14.1 Å². The van der Waals surface area contributed by atoms with Crippen LogP contribution < -0.4 is 5.32 Å². The fourth-order valence-electron chi connectivity index (χ4n) is 1.92. The lowest BCUT2D eigenvalue weighted by Gasteiger charge is -2.06. The summed E-state index contributed by atoms with van der Waals surface area (Å²) in [6.07, 6.45) is 1.64. The molecule has 2 aromatic heterocycles. The highest BCUT2D eigenvalue weighted by molar-refractivity contribution is 6.29. The quantitative estimate of drug-likeness (QED) is 0.794. The lowest BCUT2D eigenvalue weighted by Crippen LogP contribution is -2.06. The van der Waals surface area contributed by atoms with Crippen LogP contribution in [0.15, 0.2) is 24.4 Å². The fraction of sp³-hybridized carbons (Fsp3) is 0.250. The summed E-state index contributed by atoms with van der Waals surface area (Å²) in [6, 6.07) is 5.95. The number of benzene rings is 1. The van der Waals surface area contributed by atoms with Gasteiger partial charge in [-0.2, -0.15) is 0 Å². The average Bonchev–Trinajstić information content (AvgIpc) is 2.93. The second-order valence-corrected chi connectivity index (χ2v) is 4.71. The van der Waals surface area contributed by atoms with Crippen molar-refractivity contribution in [3.05, 3.63) is 35.4 Å². The van der Waals surface area contributed by atoms with Crippen LogP contribution in [-0.4, -0.2) is 24.5 Å². The normalized spacial score (nSPS) is 11.1. The van der Waals surface area contributed by atoms with Gasteiger partial charge in [0.05, 0.1) is 18.3 Å². The van der Waals surface area contributed by atoms with Gasteiger partial charge in [0.1, 0.15) is 16.5 Å². The van der Waals surface area contributed by atoms with Crippen LogP contribution in [0.3, 0.4) is 0 Å². The maximum absolute atomic E-state index is 5.94. The Balaban J connectivity index is 1.80. The summed E-state index contributed by atoms with van der Waals surface area (Å²) in [6.45, 7) is 0.606. The Hall–Kier alpha value is -2.08. The lowest BCUT2D eigenvalue weighted by molar-refractivity contribution is 0.736. The molecule has 0 saturated carbocycles. The van der Waals surface area contributed by atoms with Crippen LogP contribution in [0.1, 0.15) is 5.82 Å². The zero-order valence-electron chi connectivity index (χ0n) is 10.6. The van der Waals surface area contributed by atoms with Gasteiger partial charge in [-0.15, -0.1) is 5.10 Å². The van der Waals surface area contributed by atoms with Crippen molar-refractivity contribution < 1.29 is 0 Å². The molecule has 0 aliphatic heterocycles. The van der Waals surface area contributed by atoms with E-state index in [9.17, 15) is 0 Å². The Morgan fingerprint density at radius 2 is 2.16 bits per heavy atom. The van der Waals surface area contributed by atoms with Gasteiger partial charge in [-0.3, -0.25) is 0 Å². The van der Waals surface area contributed by atoms with Gasteiger partial charge in [0.25, 0.3) is 0 Å². The summed E-state index contributed by atoms with van der Waals surface area (Å²) in [5.41, 5.74) is 2.85. The molecule has 0 saturated heterocycles. The first-order chi connectivity index (χ1) is 9.15. The molecule has 0 bridgehead atoms. The number of aryl methyl sites for hydroxylation is 1.